The molecule has 0 rings (SSSR count). The molecular formula is C57H100O6. The van der Waals surface area contributed by atoms with Gasteiger partial charge in [0.2, 0.25) is 0 Å². The minimum atomic E-state index is -0.787. The van der Waals surface area contributed by atoms with Crippen molar-refractivity contribution in [2.24, 2.45) is 0 Å². The SMILES string of the molecule is CC/C=C\C/C=C\C/C=C\CCCCCCCC(=O)OC(COC(=O)CCCCCCC/C=C\C/C=C\CCCC)COC(=O)CCCCCCCCCCCCCCCCCC. The lowest BCUT2D eigenvalue weighted by Crippen LogP contribution is -2.30. The van der Waals surface area contributed by atoms with E-state index in [1.165, 1.54) is 109 Å². The Morgan fingerprint density at radius 3 is 1.02 bits per heavy atom. The average Bonchev–Trinajstić information content (AvgIpc) is 3.28. The number of hydrogen-bond acceptors (Lipinski definition) is 6. The van der Waals surface area contributed by atoms with Crippen LogP contribution < -0.4 is 0 Å². The van der Waals surface area contributed by atoms with Crippen LogP contribution in [0.2, 0.25) is 0 Å². The predicted molar refractivity (Wildman–Crippen MR) is 270 cm³/mol. The summed E-state index contributed by atoms with van der Waals surface area (Å²) in [4.78, 5) is 38.0. The van der Waals surface area contributed by atoms with Crippen molar-refractivity contribution in [3.8, 4) is 0 Å². The maximum absolute atomic E-state index is 12.8. The quantitative estimate of drug-likeness (QED) is 0.0262. The van der Waals surface area contributed by atoms with Gasteiger partial charge in [0.25, 0.3) is 0 Å². The van der Waals surface area contributed by atoms with Crippen LogP contribution in [0.3, 0.4) is 0 Å². The van der Waals surface area contributed by atoms with Gasteiger partial charge >= 0.3 is 17.9 Å². The second-order valence-electron chi connectivity index (χ2n) is 17.8. The highest BCUT2D eigenvalue weighted by molar-refractivity contribution is 5.71. The number of rotatable bonds is 48. The van der Waals surface area contributed by atoms with Crippen molar-refractivity contribution in [3.63, 3.8) is 0 Å². The summed E-state index contributed by atoms with van der Waals surface area (Å²) in [5.74, 6) is -0.908. The number of ether oxygens (including phenoxy) is 3. The highest BCUT2D eigenvalue weighted by atomic mass is 16.6. The van der Waals surface area contributed by atoms with E-state index in [2.05, 4.69) is 81.5 Å². The number of carbonyl (C=O) groups excluding carboxylic acids is 3. The second kappa shape index (κ2) is 51.7. The zero-order valence-corrected chi connectivity index (χ0v) is 41.6. The van der Waals surface area contributed by atoms with Gasteiger partial charge in [0.1, 0.15) is 13.2 Å². The molecule has 0 saturated carbocycles. The van der Waals surface area contributed by atoms with Crippen LogP contribution in [0.15, 0.2) is 60.8 Å². The van der Waals surface area contributed by atoms with Crippen LogP contribution in [0.4, 0.5) is 0 Å². The lowest BCUT2D eigenvalue weighted by Gasteiger charge is -2.18. The molecule has 0 aromatic heterocycles. The minimum Gasteiger partial charge on any atom is -0.462 e. The van der Waals surface area contributed by atoms with E-state index in [0.717, 1.165) is 116 Å². The smallest absolute Gasteiger partial charge is 0.306 e. The summed E-state index contributed by atoms with van der Waals surface area (Å²) >= 11 is 0. The first kappa shape index (κ1) is 60.1. The van der Waals surface area contributed by atoms with Crippen LogP contribution in [0, 0.1) is 0 Å². The Balaban J connectivity index is 4.40. The summed E-state index contributed by atoms with van der Waals surface area (Å²) in [5.41, 5.74) is 0. The fourth-order valence-electron chi connectivity index (χ4n) is 7.47. The zero-order valence-electron chi connectivity index (χ0n) is 41.6. The maximum Gasteiger partial charge on any atom is 0.306 e. The van der Waals surface area contributed by atoms with E-state index >= 15 is 0 Å². The summed E-state index contributed by atoms with van der Waals surface area (Å²) in [6.45, 7) is 6.48. The lowest BCUT2D eigenvalue weighted by atomic mass is 10.0. The highest BCUT2D eigenvalue weighted by Gasteiger charge is 2.19. The molecule has 0 aromatic carbocycles. The lowest BCUT2D eigenvalue weighted by molar-refractivity contribution is -0.167. The van der Waals surface area contributed by atoms with Crippen molar-refractivity contribution in [2.45, 2.75) is 271 Å². The van der Waals surface area contributed by atoms with Gasteiger partial charge in [-0.25, -0.2) is 0 Å². The zero-order chi connectivity index (χ0) is 45.8. The summed E-state index contributed by atoms with van der Waals surface area (Å²) in [5, 5.41) is 0. The van der Waals surface area contributed by atoms with Crippen molar-refractivity contribution in [3.05, 3.63) is 60.8 Å². The Kier molecular flexibility index (Phi) is 49.4. The number of hydrogen-bond donors (Lipinski definition) is 0. The Morgan fingerprint density at radius 1 is 0.333 bits per heavy atom. The molecule has 0 aromatic rings. The Bertz CT molecular complexity index is 1150. The Morgan fingerprint density at radius 2 is 0.635 bits per heavy atom. The molecular weight excluding hydrogens is 781 g/mol. The molecule has 6 nitrogen and oxygen atoms in total. The van der Waals surface area contributed by atoms with E-state index in [1.54, 1.807) is 0 Å². The molecule has 0 fully saturated rings. The molecule has 0 aliphatic carbocycles. The van der Waals surface area contributed by atoms with Gasteiger partial charge in [-0.15, -0.1) is 0 Å². The van der Waals surface area contributed by atoms with E-state index in [9.17, 15) is 14.4 Å². The summed E-state index contributed by atoms with van der Waals surface area (Å²) in [7, 11) is 0. The molecule has 364 valence electrons. The van der Waals surface area contributed by atoms with Crippen LogP contribution in [-0.2, 0) is 28.6 Å². The third-order valence-corrected chi connectivity index (χ3v) is 11.5. The van der Waals surface area contributed by atoms with E-state index in [1.807, 2.05) is 0 Å². The minimum absolute atomic E-state index is 0.0838. The summed E-state index contributed by atoms with van der Waals surface area (Å²) in [6.07, 6.45) is 63.4. The third-order valence-electron chi connectivity index (χ3n) is 11.5. The molecule has 1 atom stereocenters. The Hall–Kier alpha value is -2.89. The van der Waals surface area contributed by atoms with Crippen molar-refractivity contribution in [1.82, 2.24) is 0 Å². The normalized spacial score (nSPS) is 12.5. The molecule has 0 heterocycles. The number of unbranched alkanes of at least 4 members (excludes halogenated alkanes) is 27. The van der Waals surface area contributed by atoms with Crippen LogP contribution >= 0.6 is 0 Å². The Labute approximate surface area is 390 Å². The summed E-state index contributed by atoms with van der Waals surface area (Å²) < 4.78 is 16.8. The highest BCUT2D eigenvalue weighted by Crippen LogP contribution is 2.15. The van der Waals surface area contributed by atoms with Crippen LogP contribution in [0.25, 0.3) is 0 Å². The van der Waals surface area contributed by atoms with Crippen molar-refractivity contribution < 1.29 is 28.6 Å². The van der Waals surface area contributed by atoms with Gasteiger partial charge in [-0.3, -0.25) is 14.4 Å². The molecule has 0 aliphatic heterocycles. The van der Waals surface area contributed by atoms with Gasteiger partial charge in [0, 0.05) is 19.3 Å². The molecule has 0 N–H and O–H groups in total. The standard InChI is InChI=1S/C57H100O6/c1-4-7-10-13-16-19-22-25-28-30-32-35-38-41-44-47-50-56(59)62-53-54(52-61-55(58)49-46-43-40-37-34-31-27-24-21-18-15-12-9-6-3)63-57(60)51-48-45-42-39-36-33-29-26-23-20-17-14-11-8-5-2/h8,11,15,17-18,20,24,26-27,29,54H,4-7,9-10,12-14,16,19,21-23,25,28,30-53H2,1-3H3/b11-8-,18-15-,20-17-,27-24-,29-26-. The van der Waals surface area contributed by atoms with Crippen LogP contribution in [0.5, 0.6) is 0 Å². The first-order chi connectivity index (χ1) is 31.0. The predicted octanol–water partition coefficient (Wildman–Crippen LogP) is 17.6. The van der Waals surface area contributed by atoms with E-state index in [-0.39, 0.29) is 31.1 Å². The molecule has 0 spiro atoms. The summed E-state index contributed by atoms with van der Waals surface area (Å²) in [6, 6.07) is 0. The molecule has 6 heteroatoms. The van der Waals surface area contributed by atoms with Crippen molar-refractivity contribution in [1.29, 1.82) is 0 Å². The van der Waals surface area contributed by atoms with Crippen molar-refractivity contribution in [2.75, 3.05) is 13.2 Å². The first-order valence-electron chi connectivity index (χ1n) is 26.8. The molecule has 0 saturated heterocycles. The number of esters is 3. The molecule has 0 aliphatic rings. The van der Waals surface area contributed by atoms with Gasteiger partial charge < -0.3 is 14.2 Å². The topological polar surface area (TPSA) is 78.9 Å². The molecule has 0 amide bonds. The van der Waals surface area contributed by atoms with Crippen LogP contribution in [0.1, 0.15) is 265 Å². The van der Waals surface area contributed by atoms with E-state index in [4.69, 9.17) is 14.2 Å². The maximum atomic E-state index is 12.8. The second-order valence-corrected chi connectivity index (χ2v) is 17.8. The van der Waals surface area contributed by atoms with Gasteiger partial charge in [0.05, 0.1) is 0 Å². The fraction of sp³-hybridized carbons (Fsp3) is 0.772. The van der Waals surface area contributed by atoms with Gasteiger partial charge in [-0.05, 0) is 77.0 Å². The molecule has 1 unspecified atom stereocenters. The number of allylic oxidation sites excluding steroid dienone is 10. The largest absolute Gasteiger partial charge is 0.462 e. The molecule has 0 radical (unpaired) electrons. The van der Waals surface area contributed by atoms with Gasteiger partial charge in [-0.2, -0.15) is 0 Å². The van der Waals surface area contributed by atoms with Crippen LogP contribution in [-0.4, -0.2) is 37.2 Å². The van der Waals surface area contributed by atoms with Crippen molar-refractivity contribution >= 4 is 17.9 Å². The average molecular weight is 881 g/mol. The number of carbonyl (C=O) groups is 3. The monoisotopic (exact) mass is 881 g/mol. The molecule has 63 heavy (non-hydrogen) atoms. The molecule has 0 bridgehead atoms. The third kappa shape index (κ3) is 50.0. The fourth-order valence-corrected chi connectivity index (χ4v) is 7.47. The van der Waals surface area contributed by atoms with E-state index < -0.39 is 6.10 Å². The van der Waals surface area contributed by atoms with Gasteiger partial charge in [-0.1, -0.05) is 229 Å². The first-order valence-corrected chi connectivity index (χ1v) is 26.8. The van der Waals surface area contributed by atoms with Gasteiger partial charge in [0.15, 0.2) is 6.10 Å². The van der Waals surface area contributed by atoms with E-state index in [0.29, 0.717) is 19.3 Å².